The molecule has 0 N–H and O–H groups in total. The van der Waals surface area contributed by atoms with E-state index < -0.39 is 0 Å². The first-order chi connectivity index (χ1) is 10.7. The molecule has 0 atom stereocenters. The normalized spacial score (nSPS) is 15.5. The highest BCUT2D eigenvalue weighted by Gasteiger charge is 2.43. The van der Waals surface area contributed by atoms with Crippen LogP contribution in [0.2, 0.25) is 0 Å². The summed E-state index contributed by atoms with van der Waals surface area (Å²) >= 11 is 1.49. The van der Waals surface area contributed by atoms with E-state index in [0.717, 1.165) is 18.8 Å². The number of methoxy groups -OCH3 is 1. The quantitative estimate of drug-likeness (QED) is 0.666. The minimum absolute atomic E-state index is 0.340. The average Bonchev–Trinajstić information content (AvgIpc) is 3.30. The highest BCUT2D eigenvalue weighted by molar-refractivity contribution is 7.94. The van der Waals surface area contributed by atoms with Crippen molar-refractivity contribution in [2.24, 2.45) is 5.41 Å². The molecule has 3 rings (SSSR count). The van der Waals surface area contributed by atoms with Gasteiger partial charge in [0, 0.05) is 16.9 Å². The summed E-state index contributed by atoms with van der Waals surface area (Å²) in [5.74, 6) is 0.916. The molecule has 3 heteroatoms. The van der Waals surface area contributed by atoms with Gasteiger partial charge in [0.1, 0.15) is 5.75 Å². The first kappa shape index (κ1) is 15.4. The van der Waals surface area contributed by atoms with Crippen LogP contribution in [0.5, 0.6) is 5.75 Å². The van der Waals surface area contributed by atoms with Crippen molar-refractivity contribution in [2.45, 2.75) is 31.1 Å². The van der Waals surface area contributed by atoms with Crippen LogP contribution in [0.4, 0.5) is 0 Å². The summed E-state index contributed by atoms with van der Waals surface area (Å²) in [5.41, 5.74) is 2.98. The van der Waals surface area contributed by atoms with Crippen molar-refractivity contribution >= 4 is 12.0 Å². The maximum atomic E-state index is 5.90. The summed E-state index contributed by atoms with van der Waals surface area (Å²) in [4.78, 5) is 1.17. The topological polar surface area (TPSA) is 18.5 Å². The van der Waals surface area contributed by atoms with Crippen molar-refractivity contribution in [3.05, 3.63) is 59.7 Å². The lowest BCUT2D eigenvalue weighted by molar-refractivity contribution is 0.269. The van der Waals surface area contributed by atoms with Gasteiger partial charge in [0.05, 0.1) is 13.7 Å². The second-order valence-electron chi connectivity index (χ2n) is 6.18. The lowest BCUT2D eigenvalue weighted by atomic mass is 9.97. The number of rotatable bonds is 7. The van der Waals surface area contributed by atoms with Gasteiger partial charge in [0.2, 0.25) is 0 Å². The molecule has 1 aliphatic carbocycles. The molecule has 1 aliphatic rings. The van der Waals surface area contributed by atoms with Crippen LogP contribution < -0.4 is 4.74 Å². The Labute approximate surface area is 137 Å². The van der Waals surface area contributed by atoms with Crippen LogP contribution in [-0.4, -0.2) is 13.7 Å². The van der Waals surface area contributed by atoms with E-state index in [1.807, 2.05) is 12.1 Å². The Morgan fingerprint density at radius 2 is 1.68 bits per heavy atom. The molecular formula is C19H22O2S. The van der Waals surface area contributed by atoms with Crippen LogP contribution in [0.15, 0.2) is 53.4 Å². The minimum Gasteiger partial charge on any atom is -0.497 e. The van der Waals surface area contributed by atoms with Gasteiger partial charge in [-0.05, 0) is 61.4 Å². The Kier molecular flexibility index (Phi) is 4.74. The minimum atomic E-state index is 0.340. The summed E-state index contributed by atoms with van der Waals surface area (Å²) in [7, 11) is 1.70. The van der Waals surface area contributed by atoms with Crippen molar-refractivity contribution in [2.75, 3.05) is 13.7 Å². The average molecular weight is 314 g/mol. The first-order valence-corrected chi connectivity index (χ1v) is 8.42. The molecule has 0 spiro atoms. The van der Waals surface area contributed by atoms with E-state index in [0.29, 0.717) is 5.41 Å². The Morgan fingerprint density at radius 1 is 1.00 bits per heavy atom. The van der Waals surface area contributed by atoms with Crippen LogP contribution in [0.25, 0.3) is 0 Å². The second-order valence-corrected chi connectivity index (χ2v) is 7.06. The van der Waals surface area contributed by atoms with E-state index in [-0.39, 0.29) is 0 Å². The van der Waals surface area contributed by atoms with Gasteiger partial charge in [-0.25, -0.2) is 0 Å². The van der Waals surface area contributed by atoms with E-state index in [1.165, 1.54) is 40.9 Å². The third-order valence-corrected chi connectivity index (χ3v) is 4.94. The molecule has 0 aromatic heterocycles. The summed E-state index contributed by atoms with van der Waals surface area (Å²) in [6.07, 6.45) is 3.60. The van der Waals surface area contributed by atoms with Gasteiger partial charge in [-0.2, -0.15) is 0 Å². The zero-order chi connectivity index (χ0) is 15.4. The third-order valence-electron chi connectivity index (χ3n) is 4.24. The maximum Gasteiger partial charge on any atom is 0.118 e. The molecule has 0 saturated heterocycles. The van der Waals surface area contributed by atoms with Crippen molar-refractivity contribution < 1.29 is 8.92 Å². The van der Waals surface area contributed by atoms with Crippen LogP contribution in [-0.2, 0) is 10.6 Å². The molecule has 0 radical (unpaired) electrons. The van der Waals surface area contributed by atoms with E-state index >= 15 is 0 Å². The molecule has 2 nitrogen and oxygen atoms in total. The van der Waals surface area contributed by atoms with E-state index in [1.54, 1.807) is 7.11 Å². The smallest absolute Gasteiger partial charge is 0.118 e. The number of hydrogen-bond donors (Lipinski definition) is 0. The Morgan fingerprint density at radius 3 is 2.27 bits per heavy atom. The van der Waals surface area contributed by atoms with Crippen LogP contribution in [0.3, 0.4) is 0 Å². The molecule has 1 saturated carbocycles. The van der Waals surface area contributed by atoms with Crippen LogP contribution >= 0.6 is 12.0 Å². The van der Waals surface area contributed by atoms with Gasteiger partial charge in [-0.3, -0.25) is 0 Å². The fourth-order valence-electron chi connectivity index (χ4n) is 2.54. The third kappa shape index (κ3) is 4.05. The van der Waals surface area contributed by atoms with Crippen LogP contribution in [0.1, 0.15) is 24.0 Å². The lowest BCUT2D eigenvalue weighted by Gasteiger charge is -2.15. The number of benzene rings is 2. The summed E-state index contributed by atoms with van der Waals surface area (Å²) in [6, 6.07) is 16.9. The number of aryl methyl sites for hydroxylation is 1. The summed E-state index contributed by atoms with van der Waals surface area (Å²) in [6.45, 7) is 2.92. The molecule has 0 bridgehead atoms. The number of hydrogen-bond acceptors (Lipinski definition) is 3. The van der Waals surface area contributed by atoms with Gasteiger partial charge in [-0.15, -0.1) is 0 Å². The first-order valence-electron chi connectivity index (χ1n) is 7.68. The molecule has 0 amide bonds. The van der Waals surface area contributed by atoms with Gasteiger partial charge >= 0.3 is 0 Å². The SMILES string of the molecule is COc1ccc(CC2(COSc3ccc(C)cc3)CC2)cc1. The van der Waals surface area contributed by atoms with Gasteiger partial charge in [0.15, 0.2) is 0 Å². The van der Waals surface area contributed by atoms with Crippen molar-refractivity contribution in [1.29, 1.82) is 0 Å². The second kappa shape index (κ2) is 6.76. The molecular weight excluding hydrogens is 292 g/mol. The maximum absolute atomic E-state index is 5.90. The van der Waals surface area contributed by atoms with Gasteiger partial charge in [-0.1, -0.05) is 29.8 Å². The highest BCUT2D eigenvalue weighted by Crippen LogP contribution is 2.49. The largest absolute Gasteiger partial charge is 0.497 e. The molecule has 0 heterocycles. The fourth-order valence-corrected chi connectivity index (χ4v) is 3.23. The van der Waals surface area contributed by atoms with Crippen molar-refractivity contribution in [1.82, 2.24) is 0 Å². The standard InChI is InChI=1S/C19H22O2S/c1-15-3-9-18(10-4-15)22-21-14-19(11-12-19)13-16-5-7-17(20-2)8-6-16/h3-10H,11-14H2,1-2H3. The molecule has 116 valence electrons. The predicted molar refractivity (Wildman–Crippen MR) is 91.4 cm³/mol. The fraction of sp³-hybridized carbons (Fsp3) is 0.368. The van der Waals surface area contributed by atoms with Crippen molar-refractivity contribution in [3.63, 3.8) is 0 Å². The van der Waals surface area contributed by atoms with E-state index in [2.05, 4.69) is 43.3 Å². The van der Waals surface area contributed by atoms with Crippen molar-refractivity contribution in [3.8, 4) is 5.75 Å². The van der Waals surface area contributed by atoms with E-state index in [9.17, 15) is 0 Å². The predicted octanol–water partition coefficient (Wildman–Crippen LogP) is 5.05. The zero-order valence-corrected chi connectivity index (χ0v) is 14.0. The monoisotopic (exact) mass is 314 g/mol. The molecule has 22 heavy (non-hydrogen) atoms. The summed E-state index contributed by atoms with van der Waals surface area (Å²) in [5, 5.41) is 0. The Hall–Kier alpha value is -1.45. The highest BCUT2D eigenvalue weighted by atomic mass is 32.2. The molecule has 0 unspecified atom stereocenters. The van der Waals surface area contributed by atoms with Gasteiger partial charge < -0.3 is 8.92 Å². The Balaban J connectivity index is 1.50. The number of ether oxygens (including phenoxy) is 1. The molecule has 2 aromatic rings. The lowest BCUT2D eigenvalue weighted by Crippen LogP contribution is -2.11. The summed E-state index contributed by atoms with van der Waals surface area (Å²) < 4.78 is 11.1. The van der Waals surface area contributed by atoms with E-state index in [4.69, 9.17) is 8.92 Å². The molecule has 2 aromatic carbocycles. The molecule has 1 fully saturated rings. The van der Waals surface area contributed by atoms with Crippen LogP contribution in [0, 0.1) is 12.3 Å². The Bertz CT molecular complexity index is 600. The molecule has 0 aliphatic heterocycles. The van der Waals surface area contributed by atoms with Gasteiger partial charge in [0.25, 0.3) is 0 Å². The zero-order valence-electron chi connectivity index (χ0n) is 13.2.